The number of fused-ring (bicyclic) bond motifs is 1. The Morgan fingerprint density at radius 1 is 1.15 bits per heavy atom. The van der Waals surface area contributed by atoms with Crippen molar-refractivity contribution in [2.75, 3.05) is 10.6 Å². The molecule has 1 aliphatic carbocycles. The van der Waals surface area contributed by atoms with Gasteiger partial charge in [0, 0.05) is 10.6 Å². The number of anilines is 2. The van der Waals surface area contributed by atoms with Crippen molar-refractivity contribution in [2.24, 2.45) is 10.7 Å². The first-order chi connectivity index (χ1) is 13.1. The van der Waals surface area contributed by atoms with Crippen LogP contribution in [0.25, 0.3) is 0 Å². The van der Waals surface area contributed by atoms with Crippen LogP contribution in [0.2, 0.25) is 5.02 Å². The van der Waals surface area contributed by atoms with Gasteiger partial charge in [0.25, 0.3) is 0 Å². The molecule has 1 spiro atoms. The van der Waals surface area contributed by atoms with Crippen LogP contribution in [0.5, 0.6) is 0 Å². The first-order valence-electron chi connectivity index (χ1n) is 9.49. The van der Waals surface area contributed by atoms with Gasteiger partial charge in [0.15, 0.2) is 0 Å². The molecule has 4 rings (SSSR count). The summed E-state index contributed by atoms with van der Waals surface area (Å²) in [5, 5.41) is 17.9. The normalized spacial score (nSPS) is 20.6. The summed E-state index contributed by atoms with van der Waals surface area (Å²) in [4.78, 5) is 4.93. The molecule has 1 aliphatic heterocycles. The number of rotatable bonds is 3. The summed E-state index contributed by atoms with van der Waals surface area (Å²) in [5.74, 6) is 0.919. The van der Waals surface area contributed by atoms with Gasteiger partial charge in [-0.15, -0.1) is 0 Å². The first kappa shape index (κ1) is 18.3. The van der Waals surface area contributed by atoms with Gasteiger partial charge in [0.1, 0.15) is 12.1 Å². The van der Waals surface area contributed by atoms with Crippen molar-refractivity contribution >= 4 is 28.8 Å². The lowest BCUT2D eigenvalue weighted by Crippen LogP contribution is -2.54. The number of para-hydroxylation sites is 1. The summed E-state index contributed by atoms with van der Waals surface area (Å²) >= 11 is 6.11. The predicted octanol–water partition coefficient (Wildman–Crippen LogP) is 4.43. The Morgan fingerprint density at radius 2 is 1.93 bits per heavy atom. The van der Waals surface area contributed by atoms with E-state index in [1.54, 1.807) is 0 Å². The fourth-order valence-electron chi connectivity index (χ4n) is 4.13. The maximum absolute atomic E-state index is 9.96. The van der Waals surface area contributed by atoms with Gasteiger partial charge in [-0.1, -0.05) is 55.1 Å². The van der Waals surface area contributed by atoms with Crippen molar-refractivity contribution in [1.29, 1.82) is 0 Å². The standard InChI is InChI=1S/C21H25ClN4O/c22-15-7-4-6-14(12-15)13-24-20-21(10-2-1-3-11-21)26-17-9-5-8-16(19(23)27)18(17)25-20/h4-9,12,19,26-27H,1-3,10-11,13,23H2,(H,24,25). The Kier molecular flexibility index (Phi) is 5.08. The molecular weight excluding hydrogens is 360 g/mol. The van der Waals surface area contributed by atoms with E-state index in [4.69, 9.17) is 22.3 Å². The van der Waals surface area contributed by atoms with Crippen LogP contribution in [0.3, 0.4) is 0 Å². The molecule has 5 N–H and O–H groups in total. The maximum Gasteiger partial charge on any atom is 0.130 e. The molecule has 6 heteroatoms. The molecule has 142 valence electrons. The Labute approximate surface area is 164 Å². The third-order valence-electron chi connectivity index (χ3n) is 5.50. The lowest BCUT2D eigenvalue weighted by molar-refractivity contribution is 0.187. The van der Waals surface area contributed by atoms with Gasteiger partial charge in [-0.25, -0.2) is 0 Å². The Bertz CT molecular complexity index is 859. The second kappa shape index (κ2) is 7.50. The number of aliphatic hydroxyl groups is 1. The lowest BCUT2D eigenvalue weighted by Gasteiger charge is -2.44. The molecule has 1 atom stereocenters. The monoisotopic (exact) mass is 384 g/mol. The van der Waals surface area contributed by atoms with E-state index in [0.717, 1.165) is 35.6 Å². The number of nitrogens with zero attached hydrogens (tertiary/aromatic N) is 1. The minimum Gasteiger partial charge on any atom is -0.374 e. The summed E-state index contributed by atoms with van der Waals surface area (Å²) in [5.41, 5.74) is 9.10. The van der Waals surface area contributed by atoms with Crippen molar-refractivity contribution in [2.45, 2.75) is 50.4 Å². The molecule has 1 unspecified atom stereocenters. The SMILES string of the molecule is NC(O)c1cccc2c1NC(=NCc1cccc(Cl)c1)C1(CCCCC1)N2. The number of nitrogens with two attached hydrogens (primary N) is 1. The van der Waals surface area contributed by atoms with Gasteiger partial charge in [-0.05, 0) is 36.6 Å². The van der Waals surface area contributed by atoms with E-state index in [0.29, 0.717) is 17.1 Å². The number of hydrogen-bond acceptors (Lipinski definition) is 4. The second-order valence-corrected chi connectivity index (χ2v) is 7.84. The van der Waals surface area contributed by atoms with Crippen molar-refractivity contribution < 1.29 is 5.11 Å². The predicted molar refractivity (Wildman–Crippen MR) is 111 cm³/mol. The van der Waals surface area contributed by atoms with Crippen LogP contribution in [0.1, 0.15) is 49.5 Å². The zero-order valence-corrected chi connectivity index (χ0v) is 16.0. The summed E-state index contributed by atoms with van der Waals surface area (Å²) in [6.07, 6.45) is 4.61. The van der Waals surface area contributed by atoms with Crippen molar-refractivity contribution in [3.8, 4) is 0 Å². The molecule has 0 radical (unpaired) electrons. The third-order valence-corrected chi connectivity index (χ3v) is 5.74. The van der Waals surface area contributed by atoms with Crippen LogP contribution >= 0.6 is 11.6 Å². The Hall–Kier alpha value is -2.08. The second-order valence-electron chi connectivity index (χ2n) is 7.40. The average Bonchev–Trinajstić information content (AvgIpc) is 2.66. The van der Waals surface area contributed by atoms with E-state index in [1.807, 2.05) is 42.5 Å². The number of halogens is 1. The van der Waals surface area contributed by atoms with Crippen LogP contribution < -0.4 is 16.4 Å². The van der Waals surface area contributed by atoms with E-state index < -0.39 is 6.23 Å². The molecule has 0 bridgehead atoms. The molecule has 0 aromatic heterocycles. The molecule has 27 heavy (non-hydrogen) atoms. The topological polar surface area (TPSA) is 82.7 Å². The number of amidine groups is 1. The molecular formula is C21H25ClN4O. The van der Waals surface area contributed by atoms with Gasteiger partial charge < -0.3 is 21.5 Å². The summed E-state index contributed by atoms with van der Waals surface area (Å²) in [7, 11) is 0. The summed E-state index contributed by atoms with van der Waals surface area (Å²) in [6, 6.07) is 13.6. The molecule has 5 nitrogen and oxygen atoms in total. The van der Waals surface area contributed by atoms with E-state index in [-0.39, 0.29) is 5.54 Å². The highest BCUT2D eigenvalue weighted by Crippen LogP contribution is 2.41. The fourth-order valence-corrected chi connectivity index (χ4v) is 4.34. The number of aliphatic imine (C=N–C) groups is 1. The molecule has 2 aromatic carbocycles. The smallest absolute Gasteiger partial charge is 0.130 e. The van der Waals surface area contributed by atoms with E-state index in [1.165, 1.54) is 19.3 Å². The highest BCUT2D eigenvalue weighted by molar-refractivity contribution is 6.30. The molecule has 0 amide bonds. The van der Waals surface area contributed by atoms with Crippen molar-refractivity contribution in [3.05, 3.63) is 58.6 Å². The minimum atomic E-state index is -1.04. The maximum atomic E-state index is 9.96. The first-order valence-corrected chi connectivity index (χ1v) is 9.86. The molecule has 2 aliphatic rings. The quantitative estimate of drug-likeness (QED) is 0.590. The third kappa shape index (κ3) is 3.68. The van der Waals surface area contributed by atoms with Crippen LogP contribution in [0, 0.1) is 0 Å². The Balaban J connectivity index is 1.72. The van der Waals surface area contributed by atoms with Crippen molar-refractivity contribution in [3.63, 3.8) is 0 Å². The fraction of sp³-hybridized carbons (Fsp3) is 0.381. The van der Waals surface area contributed by atoms with E-state index in [2.05, 4.69) is 10.6 Å². The van der Waals surface area contributed by atoms with Gasteiger partial charge in [-0.2, -0.15) is 0 Å². The van der Waals surface area contributed by atoms with Crippen LogP contribution in [0.15, 0.2) is 47.5 Å². The number of benzene rings is 2. The van der Waals surface area contributed by atoms with Gasteiger partial charge >= 0.3 is 0 Å². The van der Waals surface area contributed by atoms with Crippen LogP contribution in [0.4, 0.5) is 11.4 Å². The van der Waals surface area contributed by atoms with Gasteiger partial charge in [0.2, 0.25) is 0 Å². The zero-order chi connectivity index (χ0) is 18.9. The molecule has 0 saturated heterocycles. The van der Waals surface area contributed by atoms with Crippen LogP contribution in [-0.4, -0.2) is 16.5 Å². The molecule has 2 aromatic rings. The average molecular weight is 385 g/mol. The summed E-state index contributed by atoms with van der Waals surface area (Å²) in [6.45, 7) is 0.551. The molecule has 1 saturated carbocycles. The number of nitrogens with one attached hydrogen (secondary N) is 2. The van der Waals surface area contributed by atoms with Gasteiger partial charge in [0.05, 0.1) is 23.5 Å². The van der Waals surface area contributed by atoms with E-state index in [9.17, 15) is 5.11 Å². The van der Waals surface area contributed by atoms with Gasteiger partial charge in [-0.3, -0.25) is 4.99 Å². The van der Waals surface area contributed by atoms with Crippen molar-refractivity contribution in [1.82, 2.24) is 0 Å². The minimum absolute atomic E-state index is 0.192. The highest BCUT2D eigenvalue weighted by Gasteiger charge is 2.41. The zero-order valence-electron chi connectivity index (χ0n) is 15.2. The molecule has 1 fully saturated rings. The number of hydrogen-bond donors (Lipinski definition) is 4. The summed E-state index contributed by atoms with van der Waals surface area (Å²) < 4.78 is 0. The molecule has 1 heterocycles. The highest BCUT2D eigenvalue weighted by atomic mass is 35.5. The van der Waals surface area contributed by atoms with E-state index >= 15 is 0 Å². The lowest BCUT2D eigenvalue weighted by atomic mass is 9.78. The largest absolute Gasteiger partial charge is 0.374 e. The van der Waals surface area contributed by atoms with Crippen LogP contribution in [-0.2, 0) is 6.54 Å². The Morgan fingerprint density at radius 3 is 2.67 bits per heavy atom. The number of aliphatic hydroxyl groups excluding tert-OH is 1.